The first-order chi connectivity index (χ1) is 16.3. The van der Waals surface area contributed by atoms with Crippen LogP contribution >= 0.6 is 0 Å². The smallest absolute Gasteiger partial charge is 0.344 e. The number of hydrogen-bond donors (Lipinski definition) is 1. The summed E-state index contributed by atoms with van der Waals surface area (Å²) in [6.45, 7) is 3.64. The Kier molecular flexibility index (Phi) is 6.49. The second-order valence-electron chi connectivity index (χ2n) is 8.01. The standard InChI is InChI=1S/C26H23FN4O3/c1-17-11-13-19(14-12-17)16-30-25(33)23(24(32)28-18(2)20-7-4-3-5-8-20)29-31(26(30)34)22-10-6-9-21(27)15-22/h3-15,18H,16H2,1-2H3,(H,28,32)/t18-/m1/s1. The molecule has 172 valence electrons. The number of halogens is 1. The molecule has 1 heterocycles. The van der Waals surface area contributed by atoms with Gasteiger partial charge in [-0.05, 0) is 43.2 Å². The fourth-order valence-electron chi connectivity index (χ4n) is 3.54. The van der Waals surface area contributed by atoms with Gasteiger partial charge in [0.2, 0.25) is 5.69 Å². The number of carbonyl (C=O) groups is 1. The van der Waals surface area contributed by atoms with Crippen molar-refractivity contribution in [2.45, 2.75) is 26.4 Å². The minimum Gasteiger partial charge on any atom is -0.344 e. The summed E-state index contributed by atoms with van der Waals surface area (Å²) in [4.78, 5) is 39.5. The molecule has 4 rings (SSSR count). The van der Waals surface area contributed by atoms with E-state index in [1.165, 1.54) is 18.2 Å². The van der Waals surface area contributed by atoms with Crippen LogP contribution < -0.4 is 16.6 Å². The molecule has 3 aromatic carbocycles. The summed E-state index contributed by atoms with van der Waals surface area (Å²) in [7, 11) is 0. The van der Waals surface area contributed by atoms with Crippen LogP contribution in [0, 0.1) is 12.7 Å². The SMILES string of the molecule is Cc1ccc(Cn2c(=O)c(C(=O)N[C@H](C)c3ccccc3)nn(-c3cccc(F)c3)c2=O)cc1. The van der Waals surface area contributed by atoms with E-state index >= 15 is 0 Å². The largest absolute Gasteiger partial charge is 0.352 e. The fraction of sp³-hybridized carbons (Fsp3) is 0.154. The molecule has 0 aliphatic carbocycles. The average molecular weight is 458 g/mol. The van der Waals surface area contributed by atoms with E-state index in [1.54, 1.807) is 19.1 Å². The molecular formula is C26H23FN4O3. The van der Waals surface area contributed by atoms with Crippen LogP contribution in [0.1, 0.15) is 40.1 Å². The van der Waals surface area contributed by atoms with Crippen LogP contribution in [-0.4, -0.2) is 20.3 Å². The van der Waals surface area contributed by atoms with Crippen LogP contribution in [-0.2, 0) is 6.54 Å². The molecule has 0 spiro atoms. The molecule has 8 heteroatoms. The normalized spacial score (nSPS) is 11.7. The molecule has 7 nitrogen and oxygen atoms in total. The Hall–Kier alpha value is -4.33. The first-order valence-corrected chi connectivity index (χ1v) is 10.7. The molecule has 1 atom stereocenters. The van der Waals surface area contributed by atoms with Gasteiger partial charge in [0.25, 0.3) is 11.5 Å². The Labute approximate surface area is 195 Å². The highest BCUT2D eigenvalue weighted by Crippen LogP contribution is 2.12. The van der Waals surface area contributed by atoms with Crippen LogP contribution in [0.15, 0.2) is 88.5 Å². The number of hydrogen-bond acceptors (Lipinski definition) is 4. The minimum absolute atomic E-state index is 0.0652. The minimum atomic E-state index is -0.823. The number of nitrogens with one attached hydrogen (secondary N) is 1. The van der Waals surface area contributed by atoms with Crippen LogP contribution in [0.3, 0.4) is 0 Å². The predicted octanol–water partition coefficient (Wildman–Crippen LogP) is 3.38. The lowest BCUT2D eigenvalue weighted by molar-refractivity contribution is 0.0930. The van der Waals surface area contributed by atoms with Gasteiger partial charge in [-0.3, -0.25) is 14.2 Å². The Morgan fingerprint density at radius 1 is 1.00 bits per heavy atom. The number of benzene rings is 3. The summed E-state index contributed by atoms with van der Waals surface area (Å²) in [6, 6.07) is 21.4. The lowest BCUT2D eigenvalue weighted by Crippen LogP contribution is -2.46. The maximum absolute atomic E-state index is 13.9. The van der Waals surface area contributed by atoms with Crippen molar-refractivity contribution in [1.29, 1.82) is 0 Å². The van der Waals surface area contributed by atoms with Crippen molar-refractivity contribution in [3.63, 3.8) is 0 Å². The molecule has 0 bridgehead atoms. The van der Waals surface area contributed by atoms with Gasteiger partial charge < -0.3 is 5.32 Å². The fourth-order valence-corrected chi connectivity index (χ4v) is 3.54. The van der Waals surface area contributed by atoms with Crippen LogP contribution in [0.25, 0.3) is 5.69 Å². The van der Waals surface area contributed by atoms with Gasteiger partial charge in [-0.25, -0.2) is 9.18 Å². The van der Waals surface area contributed by atoms with Crippen molar-refractivity contribution in [2.75, 3.05) is 0 Å². The van der Waals surface area contributed by atoms with Crippen molar-refractivity contribution in [1.82, 2.24) is 19.7 Å². The number of carbonyl (C=O) groups excluding carboxylic acids is 1. The van der Waals surface area contributed by atoms with Crippen LogP contribution in [0.2, 0.25) is 0 Å². The molecule has 0 radical (unpaired) electrons. The Bertz CT molecular complexity index is 1440. The summed E-state index contributed by atoms with van der Waals surface area (Å²) in [5.41, 5.74) is 0.615. The first kappa shape index (κ1) is 22.8. The van der Waals surface area contributed by atoms with Crippen molar-refractivity contribution in [3.8, 4) is 5.69 Å². The first-order valence-electron chi connectivity index (χ1n) is 10.7. The molecule has 34 heavy (non-hydrogen) atoms. The molecule has 1 amide bonds. The van der Waals surface area contributed by atoms with E-state index in [-0.39, 0.29) is 12.2 Å². The topological polar surface area (TPSA) is 86.0 Å². The molecule has 1 aromatic heterocycles. The van der Waals surface area contributed by atoms with E-state index in [9.17, 15) is 18.8 Å². The Morgan fingerprint density at radius 2 is 1.71 bits per heavy atom. The highest BCUT2D eigenvalue weighted by Gasteiger charge is 2.22. The van der Waals surface area contributed by atoms with Crippen molar-refractivity contribution in [2.24, 2.45) is 0 Å². The van der Waals surface area contributed by atoms with Crippen molar-refractivity contribution >= 4 is 5.91 Å². The molecule has 0 aliphatic heterocycles. The van der Waals surface area contributed by atoms with Gasteiger partial charge in [-0.15, -0.1) is 0 Å². The van der Waals surface area contributed by atoms with Crippen molar-refractivity contribution < 1.29 is 9.18 Å². The number of nitrogens with zero attached hydrogens (tertiary/aromatic N) is 3. The Balaban J connectivity index is 1.81. The monoisotopic (exact) mass is 458 g/mol. The van der Waals surface area contributed by atoms with Gasteiger partial charge in [0.1, 0.15) is 5.82 Å². The second kappa shape index (κ2) is 9.66. The second-order valence-corrected chi connectivity index (χ2v) is 8.01. The highest BCUT2D eigenvalue weighted by molar-refractivity contribution is 5.92. The summed E-state index contributed by atoms with van der Waals surface area (Å²) in [5, 5.41) is 6.80. The molecular weight excluding hydrogens is 435 g/mol. The molecule has 0 aliphatic rings. The molecule has 1 N–H and O–H groups in total. The van der Waals surface area contributed by atoms with E-state index in [1.807, 2.05) is 49.4 Å². The average Bonchev–Trinajstić information content (AvgIpc) is 2.83. The summed E-state index contributed by atoms with van der Waals surface area (Å²) in [6.07, 6.45) is 0. The quantitative estimate of drug-likeness (QED) is 0.480. The zero-order chi connectivity index (χ0) is 24.2. The molecule has 0 saturated heterocycles. The van der Waals surface area contributed by atoms with Gasteiger partial charge in [-0.1, -0.05) is 66.2 Å². The van der Waals surface area contributed by atoms with Gasteiger partial charge in [0, 0.05) is 0 Å². The third kappa shape index (κ3) is 4.85. The van der Waals surface area contributed by atoms with E-state index in [0.717, 1.165) is 26.4 Å². The molecule has 4 aromatic rings. The van der Waals surface area contributed by atoms with Gasteiger partial charge in [0.15, 0.2) is 0 Å². The van der Waals surface area contributed by atoms with Crippen LogP contribution in [0.4, 0.5) is 4.39 Å². The van der Waals surface area contributed by atoms with E-state index in [4.69, 9.17) is 0 Å². The third-order valence-corrected chi connectivity index (χ3v) is 5.44. The van der Waals surface area contributed by atoms with Crippen molar-refractivity contribution in [3.05, 3.63) is 128 Å². The third-order valence-electron chi connectivity index (χ3n) is 5.44. The van der Waals surface area contributed by atoms with E-state index in [2.05, 4.69) is 10.4 Å². The number of aryl methyl sites for hydroxylation is 1. The van der Waals surface area contributed by atoms with Gasteiger partial charge >= 0.3 is 5.69 Å². The lowest BCUT2D eigenvalue weighted by Gasteiger charge is -2.16. The molecule has 0 saturated carbocycles. The maximum atomic E-state index is 13.9. The summed E-state index contributed by atoms with van der Waals surface area (Å²) < 4.78 is 15.7. The van der Waals surface area contributed by atoms with E-state index in [0.29, 0.717) is 5.56 Å². The summed E-state index contributed by atoms with van der Waals surface area (Å²) >= 11 is 0. The Morgan fingerprint density at radius 3 is 2.38 bits per heavy atom. The van der Waals surface area contributed by atoms with E-state index < -0.39 is 34.7 Å². The maximum Gasteiger partial charge on any atom is 0.352 e. The number of rotatable bonds is 6. The molecule has 0 fully saturated rings. The number of amides is 1. The van der Waals surface area contributed by atoms with Gasteiger partial charge in [-0.2, -0.15) is 9.78 Å². The zero-order valence-electron chi connectivity index (χ0n) is 18.7. The number of aromatic nitrogens is 3. The van der Waals surface area contributed by atoms with Crippen LogP contribution in [0.5, 0.6) is 0 Å². The zero-order valence-corrected chi connectivity index (χ0v) is 18.7. The summed E-state index contributed by atoms with van der Waals surface area (Å²) in [5.74, 6) is -1.31. The highest BCUT2D eigenvalue weighted by atomic mass is 19.1. The van der Waals surface area contributed by atoms with Gasteiger partial charge in [0.05, 0.1) is 18.3 Å². The lowest BCUT2D eigenvalue weighted by atomic mass is 10.1. The molecule has 0 unspecified atom stereocenters. The predicted molar refractivity (Wildman–Crippen MR) is 127 cm³/mol.